The number of anilines is 1. The van der Waals surface area contributed by atoms with Gasteiger partial charge in [-0.15, -0.1) is 11.3 Å². The van der Waals surface area contributed by atoms with Gasteiger partial charge in [-0.05, 0) is 41.5 Å². The molecular weight excluding hydrogens is 606 g/mol. The molecule has 1 aromatic heterocycles. The van der Waals surface area contributed by atoms with Crippen molar-refractivity contribution in [2.75, 3.05) is 44.7 Å². The summed E-state index contributed by atoms with van der Waals surface area (Å²) in [6.07, 6.45) is 4.16. The Balaban J connectivity index is 1.25. The van der Waals surface area contributed by atoms with Crippen molar-refractivity contribution in [3.63, 3.8) is 0 Å². The van der Waals surface area contributed by atoms with Crippen molar-refractivity contribution < 1.29 is 33.0 Å². The maximum Gasteiger partial charge on any atom is 0.338 e. The fraction of sp³-hybridized carbons (Fsp3) is 0.258. The Morgan fingerprint density at radius 2 is 1.93 bits per heavy atom. The number of piperazine rings is 1. The van der Waals surface area contributed by atoms with Crippen LogP contribution in [0.15, 0.2) is 76.4 Å². The lowest BCUT2D eigenvalue weighted by atomic mass is 9.95. The molecule has 2 N–H and O–H groups in total. The number of halogens is 2. The fourth-order valence-electron chi connectivity index (χ4n) is 5.73. The average molecular weight is 635 g/mol. The smallest absolute Gasteiger partial charge is 0.338 e. The summed E-state index contributed by atoms with van der Waals surface area (Å²) in [4.78, 5) is 52.0. The number of esters is 1. The Morgan fingerprint density at radius 3 is 2.62 bits per heavy atom. The third-order valence-electron chi connectivity index (χ3n) is 7.87. The molecule has 2 atom stereocenters. The van der Waals surface area contributed by atoms with Gasteiger partial charge in [0, 0.05) is 61.8 Å². The lowest BCUT2D eigenvalue weighted by Crippen LogP contribution is -2.53. The number of amides is 2. The van der Waals surface area contributed by atoms with Crippen molar-refractivity contribution in [1.82, 2.24) is 20.1 Å². The molecule has 3 aliphatic rings. The van der Waals surface area contributed by atoms with Crippen LogP contribution in [0.2, 0.25) is 0 Å². The van der Waals surface area contributed by atoms with Crippen molar-refractivity contribution >= 4 is 46.9 Å². The predicted molar refractivity (Wildman–Crippen MR) is 163 cm³/mol. The highest BCUT2D eigenvalue weighted by Gasteiger charge is 2.42. The number of aliphatic imine (C=N–C) groups is 1. The number of fused-ring (bicyclic) bond motifs is 1. The molecule has 2 aromatic carbocycles. The van der Waals surface area contributed by atoms with Crippen LogP contribution in [0.1, 0.15) is 22.2 Å². The van der Waals surface area contributed by atoms with Crippen LogP contribution in [0, 0.1) is 11.6 Å². The zero-order valence-corrected chi connectivity index (χ0v) is 24.8. The normalized spacial score (nSPS) is 20.3. The number of aromatic nitrogens is 1. The molecule has 2 fully saturated rings. The van der Waals surface area contributed by atoms with E-state index >= 15 is 0 Å². The summed E-state index contributed by atoms with van der Waals surface area (Å²) in [7, 11) is 1.25. The molecule has 0 aliphatic carbocycles. The van der Waals surface area contributed by atoms with Gasteiger partial charge in [0.05, 0.1) is 18.7 Å². The molecule has 2 amide bonds. The summed E-state index contributed by atoms with van der Waals surface area (Å²) in [5.41, 5.74) is 2.36. The Bertz CT molecular complexity index is 1730. The van der Waals surface area contributed by atoms with E-state index < -0.39 is 29.6 Å². The lowest BCUT2D eigenvalue weighted by molar-refractivity contribution is -0.136. The third kappa shape index (κ3) is 6.19. The zero-order chi connectivity index (χ0) is 31.7. The molecule has 0 radical (unpaired) electrons. The summed E-state index contributed by atoms with van der Waals surface area (Å²) in [5.74, 6) is -3.37. The van der Waals surface area contributed by atoms with Gasteiger partial charge >= 0.3 is 18.0 Å². The van der Waals surface area contributed by atoms with E-state index in [9.17, 15) is 23.2 Å². The largest absolute Gasteiger partial charge is 0.478 e. The number of carboxylic acids is 1. The highest BCUT2D eigenvalue weighted by molar-refractivity contribution is 7.11. The number of amidine groups is 1. The van der Waals surface area contributed by atoms with Gasteiger partial charge in [-0.3, -0.25) is 14.8 Å². The van der Waals surface area contributed by atoms with Crippen molar-refractivity contribution in [2.45, 2.75) is 12.1 Å². The minimum atomic E-state index is -1.05. The van der Waals surface area contributed by atoms with Gasteiger partial charge in [0.25, 0.3) is 0 Å². The number of hydrogen-bond donors (Lipinski definition) is 2. The first-order valence-electron chi connectivity index (χ1n) is 14.0. The SMILES string of the molecule is COC(=O)C1=C(CN2CCN3C(=O)N(c4ccc(/C=C/C(=O)O)cc4)C[C@@H]3C2)NC(c2nccs2)=N[C@H]1c1ccc(F)c(F)c1. The number of methoxy groups -OCH3 is 1. The number of ether oxygens (including phenoxy) is 1. The van der Waals surface area contributed by atoms with E-state index in [2.05, 4.69) is 20.2 Å². The minimum absolute atomic E-state index is 0.115. The molecule has 4 heterocycles. The second-order valence-electron chi connectivity index (χ2n) is 10.6. The molecule has 0 spiro atoms. The highest BCUT2D eigenvalue weighted by atomic mass is 32.1. The molecule has 0 saturated carbocycles. The molecule has 2 saturated heterocycles. The van der Waals surface area contributed by atoms with Crippen LogP contribution in [-0.4, -0.2) is 89.6 Å². The lowest BCUT2D eigenvalue weighted by Gasteiger charge is -2.38. The van der Waals surface area contributed by atoms with Crippen molar-refractivity contribution in [3.05, 3.63) is 99.2 Å². The standard InChI is InChI=1S/C31H28F2N6O5S/c1-44-30(42)26-24(35-28(29-34-10-13-45-29)36-27(26)19-5-8-22(32)23(33)14-19)17-37-11-12-38-21(15-37)16-39(31(38)43)20-6-2-18(3-7-20)4-9-25(40)41/h2-10,13-14,21,27H,11-12,15-17H2,1H3,(H,35,36)(H,40,41)/b9-4+/t21-,27-/m0/s1. The first-order chi connectivity index (χ1) is 21.7. The molecule has 3 aromatic rings. The minimum Gasteiger partial charge on any atom is -0.478 e. The number of hydrogen-bond acceptors (Lipinski definition) is 9. The summed E-state index contributed by atoms with van der Waals surface area (Å²) in [5, 5.41) is 14.5. The van der Waals surface area contributed by atoms with Crippen LogP contribution in [0.5, 0.6) is 0 Å². The molecule has 6 rings (SSSR count). The van der Waals surface area contributed by atoms with Crippen LogP contribution in [0.4, 0.5) is 19.3 Å². The Kier molecular flexibility index (Phi) is 8.41. The number of rotatable bonds is 8. The number of nitrogens with zero attached hydrogens (tertiary/aromatic N) is 5. The topological polar surface area (TPSA) is 128 Å². The molecule has 0 unspecified atom stereocenters. The summed E-state index contributed by atoms with van der Waals surface area (Å²) in [6, 6.07) is 9.29. The summed E-state index contributed by atoms with van der Waals surface area (Å²) < 4.78 is 33.3. The van der Waals surface area contributed by atoms with Crippen LogP contribution >= 0.6 is 11.3 Å². The third-order valence-corrected chi connectivity index (χ3v) is 8.65. The van der Waals surface area contributed by atoms with Gasteiger partial charge in [0.2, 0.25) is 0 Å². The average Bonchev–Trinajstić information content (AvgIpc) is 3.69. The fourth-order valence-corrected chi connectivity index (χ4v) is 6.32. The first-order valence-corrected chi connectivity index (χ1v) is 14.9. The van der Waals surface area contributed by atoms with Gasteiger partial charge < -0.3 is 20.1 Å². The molecule has 232 valence electrons. The van der Waals surface area contributed by atoms with Crippen molar-refractivity contribution in [2.24, 2.45) is 4.99 Å². The molecule has 11 nitrogen and oxygen atoms in total. The number of aliphatic carboxylic acids is 1. The van der Waals surface area contributed by atoms with Gasteiger partial charge in [0.15, 0.2) is 22.5 Å². The second kappa shape index (κ2) is 12.6. The number of carboxylic acid groups (broad SMARTS) is 1. The van der Waals surface area contributed by atoms with E-state index in [4.69, 9.17) is 9.84 Å². The number of nitrogens with one attached hydrogen (secondary N) is 1. The van der Waals surface area contributed by atoms with E-state index in [0.717, 1.165) is 18.2 Å². The van der Waals surface area contributed by atoms with Gasteiger partial charge in [-0.2, -0.15) is 0 Å². The maximum absolute atomic E-state index is 14.3. The van der Waals surface area contributed by atoms with E-state index in [0.29, 0.717) is 54.0 Å². The van der Waals surface area contributed by atoms with Gasteiger partial charge in [0.1, 0.15) is 6.04 Å². The van der Waals surface area contributed by atoms with Crippen LogP contribution < -0.4 is 10.2 Å². The number of benzene rings is 2. The molecule has 45 heavy (non-hydrogen) atoms. The molecular formula is C31H28F2N6O5S. The Labute approximate surface area is 260 Å². The maximum atomic E-state index is 14.3. The first kappa shape index (κ1) is 30.1. The van der Waals surface area contributed by atoms with Crippen molar-refractivity contribution in [1.29, 1.82) is 0 Å². The van der Waals surface area contributed by atoms with Gasteiger partial charge in [-0.1, -0.05) is 18.2 Å². The zero-order valence-electron chi connectivity index (χ0n) is 24.0. The second-order valence-corrected chi connectivity index (χ2v) is 11.5. The summed E-state index contributed by atoms with van der Waals surface area (Å²) in [6.45, 7) is 2.22. The monoisotopic (exact) mass is 634 g/mol. The molecule has 3 aliphatic heterocycles. The summed E-state index contributed by atoms with van der Waals surface area (Å²) >= 11 is 1.34. The Hall–Kier alpha value is -4.95. The van der Waals surface area contributed by atoms with E-state index in [1.165, 1.54) is 30.6 Å². The predicted octanol–water partition coefficient (Wildman–Crippen LogP) is 3.66. The van der Waals surface area contributed by atoms with Crippen molar-refractivity contribution in [3.8, 4) is 0 Å². The van der Waals surface area contributed by atoms with E-state index in [-0.39, 0.29) is 29.8 Å². The van der Waals surface area contributed by atoms with Crippen LogP contribution in [0.3, 0.4) is 0 Å². The highest BCUT2D eigenvalue weighted by Crippen LogP contribution is 2.34. The number of urea groups is 1. The Morgan fingerprint density at radius 1 is 1.13 bits per heavy atom. The quantitative estimate of drug-likeness (QED) is 0.284. The number of carbonyl (C=O) groups is 3. The number of carbonyl (C=O) groups excluding carboxylic acids is 2. The van der Waals surface area contributed by atoms with E-state index in [1.807, 2.05) is 4.90 Å². The van der Waals surface area contributed by atoms with Crippen LogP contribution in [-0.2, 0) is 14.3 Å². The van der Waals surface area contributed by atoms with E-state index in [1.54, 1.807) is 40.7 Å². The van der Waals surface area contributed by atoms with Gasteiger partial charge in [-0.25, -0.2) is 28.1 Å². The molecule has 14 heteroatoms. The van der Waals surface area contributed by atoms with Crippen LogP contribution in [0.25, 0.3) is 6.08 Å². The molecule has 0 bridgehead atoms. The number of thiazole rings is 1.